The number of pyridine rings is 1. The Bertz CT molecular complexity index is 587. The van der Waals surface area contributed by atoms with Crippen LogP contribution in [-0.2, 0) is 11.5 Å². The molecule has 0 spiro atoms. The van der Waals surface area contributed by atoms with Crippen LogP contribution in [0.2, 0.25) is 5.02 Å². The smallest absolute Gasteiger partial charge is 0.251 e. The van der Waals surface area contributed by atoms with Crippen LogP contribution >= 0.6 is 27.5 Å². The standard InChI is InChI=1S/C11H6BrClF3N3/c12-3-6-4-18-10(19-9(6)11(14,15)16)8-2-1-7(13)5-17-8/h1-2,4-5H,3H2. The van der Waals surface area contributed by atoms with Gasteiger partial charge in [0, 0.05) is 23.3 Å². The molecular formula is C11H6BrClF3N3. The normalized spacial score (nSPS) is 11.6. The average Bonchev–Trinajstić information content (AvgIpc) is 2.38. The third-order valence-electron chi connectivity index (χ3n) is 2.23. The Kier molecular flexibility index (Phi) is 4.05. The number of rotatable bonds is 2. The molecule has 0 bridgehead atoms. The Labute approximate surface area is 120 Å². The van der Waals surface area contributed by atoms with Gasteiger partial charge in [0.2, 0.25) is 0 Å². The van der Waals surface area contributed by atoms with Crippen molar-refractivity contribution in [3.05, 3.63) is 40.8 Å². The van der Waals surface area contributed by atoms with Gasteiger partial charge in [-0.1, -0.05) is 27.5 Å². The van der Waals surface area contributed by atoms with Gasteiger partial charge in [-0.05, 0) is 12.1 Å². The number of nitrogens with zero attached hydrogens (tertiary/aromatic N) is 3. The average molecular weight is 353 g/mol. The Balaban J connectivity index is 2.52. The van der Waals surface area contributed by atoms with Gasteiger partial charge in [-0.3, -0.25) is 4.98 Å². The third-order valence-corrected chi connectivity index (χ3v) is 3.06. The predicted molar refractivity (Wildman–Crippen MR) is 67.9 cm³/mol. The Morgan fingerprint density at radius 3 is 2.42 bits per heavy atom. The van der Waals surface area contributed by atoms with Crippen LogP contribution in [0.3, 0.4) is 0 Å². The molecule has 0 amide bonds. The maximum atomic E-state index is 12.8. The highest BCUT2D eigenvalue weighted by atomic mass is 79.9. The molecule has 0 saturated heterocycles. The van der Waals surface area contributed by atoms with Crippen LogP contribution in [0.15, 0.2) is 24.5 Å². The summed E-state index contributed by atoms with van der Waals surface area (Å²) >= 11 is 8.64. The van der Waals surface area contributed by atoms with E-state index in [1.807, 2.05) is 0 Å². The Hall–Kier alpha value is -1.21. The number of aromatic nitrogens is 3. The summed E-state index contributed by atoms with van der Waals surface area (Å²) in [5.41, 5.74) is -0.757. The molecule has 2 rings (SSSR count). The molecule has 0 aromatic carbocycles. The van der Waals surface area contributed by atoms with Gasteiger partial charge in [0.1, 0.15) is 5.69 Å². The monoisotopic (exact) mass is 351 g/mol. The second kappa shape index (κ2) is 5.42. The predicted octanol–water partition coefficient (Wildman–Crippen LogP) is 4.11. The van der Waals surface area contributed by atoms with Crippen LogP contribution in [0.5, 0.6) is 0 Å². The molecule has 3 nitrogen and oxygen atoms in total. The number of alkyl halides is 4. The van der Waals surface area contributed by atoms with E-state index in [4.69, 9.17) is 11.6 Å². The molecule has 8 heteroatoms. The first kappa shape index (κ1) is 14.2. The van der Waals surface area contributed by atoms with E-state index in [0.717, 1.165) is 6.20 Å². The van der Waals surface area contributed by atoms with Gasteiger partial charge in [-0.25, -0.2) is 9.97 Å². The SMILES string of the molecule is FC(F)(F)c1nc(-c2ccc(Cl)cn2)ncc1CBr. The summed E-state index contributed by atoms with van der Waals surface area (Å²) in [4.78, 5) is 11.3. The molecule has 2 aromatic heterocycles. The fourth-order valence-electron chi connectivity index (χ4n) is 1.38. The third kappa shape index (κ3) is 3.22. The zero-order chi connectivity index (χ0) is 14.0. The van der Waals surface area contributed by atoms with E-state index in [9.17, 15) is 13.2 Å². The van der Waals surface area contributed by atoms with Gasteiger partial charge in [-0.2, -0.15) is 13.2 Å². The molecular weight excluding hydrogens is 346 g/mol. The zero-order valence-corrected chi connectivity index (χ0v) is 11.6. The number of halogens is 5. The first-order chi connectivity index (χ1) is 8.91. The summed E-state index contributed by atoms with van der Waals surface area (Å²) in [5, 5.41) is 0.410. The van der Waals surface area contributed by atoms with Crippen molar-refractivity contribution in [1.29, 1.82) is 0 Å². The van der Waals surface area contributed by atoms with Gasteiger partial charge in [0.25, 0.3) is 0 Å². The van der Waals surface area contributed by atoms with Crippen molar-refractivity contribution in [2.45, 2.75) is 11.5 Å². The molecule has 100 valence electrons. The van der Waals surface area contributed by atoms with Crippen molar-refractivity contribution in [2.75, 3.05) is 0 Å². The summed E-state index contributed by atoms with van der Waals surface area (Å²) < 4.78 is 38.5. The summed E-state index contributed by atoms with van der Waals surface area (Å²) in [6.45, 7) is 0. The molecule has 0 atom stereocenters. The molecule has 0 aliphatic carbocycles. The van der Waals surface area contributed by atoms with Gasteiger partial charge < -0.3 is 0 Å². The first-order valence-corrected chi connectivity index (χ1v) is 6.53. The fraction of sp³-hybridized carbons (Fsp3) is 0.182. The van der Waals surface area contributed by atoms with Gasteiger partial charge in [0.05, 0.1) is 5.02 Å². The maximum absolute atomic E-state index is 12.8. The van der Waals surface area contributed by atoms with E-state index in [-0.39, 0.29) is 22.4 Å². The highest BCUT2D eigenvalue weighted by Crippen LogP contribution is 2.32. The minimum absolute atomic E-state index is 0.0230. The highest BCUT2D eigenvalue weighted by molar-refractivity contribution is 9.08. The van der Waals surface area contributed by atoms with Crippen molar-refractivity contribution in [2.24, 2.45) is 0 Å². The molecule has 19 heavy (non-hydrogen) atoms. The van der Waals surface area contributed by atoms with E-state index in [2.05, 4.69) is 30.9 Å². The van der Waals surface area contributed by atoms with Gasteiger partial charge >= 0.3 is 6.18 Å². The molecule has 0 fully saturated rings. The highest BCUT2D eigenvalue weighted by Gasteiger charge is 2.35. The van der Waals surface area contributed by atoms with Crippen molar-refractivity contribution >= 4 is 27.5 Å². The number of hydrogen-bond donors (Lipinski definition) is 0. The van der Waals surface area contributed by atoms with Crippen LogP contribution in [-0.4, -0.2) is 15.0 Å². The van der Waals surface area contributed by atoms with Crippen LogP contribution in [0.1, 0.15) is 11.3 Å². The lowest BCUT2D eigenvalue weighted by atomic mass is 10.2. The van der Waals surface area contributed by atoms with E-state index in [1.54, 1.807) is 0 Å². The first-order valence-electron chi connectivity index (χ1n) is 5.03. The largest absolute Gasteiger partial charge is 0.433 e. The summed E-state index contributed by atoms with van der Waals surface area (Å²) in [6.07, 6.45) is -2.07. The van der Waals surface area contributed by atoms with E-state index < -0.39 is 11.9 Å². The zero-order valence-electron chi connectivity index (χ0n) is 9.25. The number of hydrogen-bond acceptors (Lipinski definition) is 3. The molecule has 0 aliphatic heterocycles. The van der Waals surface area contributed by atoms with Crippen molar-refractivity contribution in [1.82, 2.24) is 15.0 Å². The maximum Gasteiger partial charge on any atom is 0.433 e. The topological polar surface area (TPSA) is 38.7 Å². The summed E-state index contributed by atoms with van der Waals surface area (Å²) in [5.74, 6) is -0.0892. The van der Waals surface area contributed by atoms with Gasteiger partial charge in [-0.15, -0.1) is 0 Å². The molecule has 2 aromatic rings. The lowest BCUT2D eigenvalue weighted by Crippen LogP contribution is -2.13. The van der Waals surface area contributed by atoms with Crippen LogP contribution in [0.25, 0.3) is 11.5 Å². The van der Waals surface area contributed by atoms with E-state index in [0.29, 0.717) is 5.02 Å². The van der Waals surface area contributed by atoms with Crippen molar-refractivity contribution < 1.29 is 13.2 Å². The lowest BCUT2D eigenvalue weighted by molar-refractivity contribution is -0.141. The van der Waals surface area contributed by atoms with Crippen LogP contribution in [0, 0.1) is 0 Å². The fourth-order valence-corrected chi connectivity index (χ4v) is 1.90. The van der Waals surface area contributed by atoms with Gasteiger partial charge in [0.15, 0.2) is 11.5 Å². The lowest BCUT2D eigenvalue weighted by Gasteiger charge is -2.10. The van der Waals surface area contributed by atoms with E-state index >= 15 is 0 Å². The quantitative estimate of drug-likeness (QED) is 0.764. The van der Waals surface area contributed by atoms with Crippen molar-refractivity contribution in [3.8, 4) is 11.5 Å². The van der Waals surface area contributed by atoms with Crippen LogP contribution < -0.4 is 0 Å². The molecule has 0 unspecified atom stereocenters. The van der Waals surface area contributed by atoms with Crippen molar-refractivity contribution in [3.63, 3.8) is 0 Å². The Morgan fingerprint density at radius 2 is 1.89 bits per heavy atom. The Morgan fingerprint density at radius 1 is 1.16 bits per heavy atom. The summed E-state index contributed by atoms with van der Waals surface area (Å²) in [7, 11) is 0. The molecule has 0 aliphatic rings. The molecule has 2 heterocycles. The molecule has 0 N–H and O–H groups in total. The second-order valence-corrected chi connectivity index (χ2v) is 4.56. The molecule has 0 radical (unpaired) electrons. The second-order valence-electron chi connectivity index (χ2n) is 3.56. The molecule has 0 saturated carbocycles. The minimum Gasteiger partial charge on any atom is -0.251 e. The van der Waals surface area contributed by atoms with Crippen LogP contribution in [0.4, 0.5) is 13.2 Å². The summed E-state index contributed by atoms with van der Waals surface area (Å²) in [6, 6.07) is 2.98. The van der Waals surface area contributed by atoms with E-state index in [1.165, 1.54) is 18.3 Å². The minimum atomic E-state index is -4.53.